The van der Waals surface area contributed by atoms with Crippen LogP contribution in [-0.4, -0.2) is 9.55 Å². The first kappa shape index (κ1) is 12.5. The lowest BCUT2D eigenvalue weighted by atomic mass is 9.97. The second-order valence-electron chi connectivity index (χ2n) is 5.70. The van der Waals surface area contributed by atoms with Gasteiger partial charge in [0.25, 0.3) is 0 Å². The molecule has 0 radical (unpaired) electrons. The molecule has 0 aliphatic carbocycles. The smallest absolute Gasteiger partial charge is 0.151 e. The Labute approximate surface area is 124 Å². The molecule has 0 saturated heterocycles. The first-order valence-corrected chi connectivity index (χ1v) is 7.40. The van der Waals surface area contributed by atoms with Gasteiger partial charge in [0, 0.05) is 7.05 Å². The normalized spacial score (nSPS) is 17.5. The highest BCUT2D eigenvalue weighted by molar-refractivity contribution is 5.84. The molecule has 1 aliphatic rings. The third-order valence-corrected chi connectivity index (χ3v) is 4.42. The molecule has 1 aromatic heterocycles. The molecule has 3 aromatic rings. The van der Waals surface area contributed by atoms with Crippen LogP contribution in [0.3, 0.4) is 0 Å². The SMILES string of the molecule is Cc1nc2c3c(ccc2n1C)CCC(c1ccccc1)O3. The number of benzene rings is 2. The Bertz CT molecular complexity index is 805. The van der Waals surface area contributed by atoms with E-state index in [1.807, 2.05) is 13.0 Å². The molecule has 21 heavy (non-hydrogen) atoms. The predicted molar refractivity (Wildman–Crippen MR) is 83.6 cm³/mol. The van der Waals surface area contributed by atoms with E-state index in [1.54, 1.807) is 0 Å². The lowest BCUT2D eigenvalue weighted by molar-refractivity contribution is 0.179. The lowest BCUT2D eigenvalue weighted by Gasteiger charge is -2.26. The van der Waals surface area contributed by atoms with Crippen molar-refractivity contribution in [3.63, 3.8) is 0 Å². The summed E-state index contributed by atoms with van der Waals surface area (Å²) < 4.78 is 8.44. The van der Waals surface area contributed by atoms with Crippen molar-refractivity contribution in [2.24, 2.45) is 7.05 Å². The topological polar surface area (TPSA) is 27.1 Å². The second-order valence-corrected chi connectivity index (χ2v) is 5.70. The van der Waals surface area contributed by atoms with E-state index in [-0.39, 0.29) is 6.10 Å². The number of ether oxygens (including phenoxy) is 1. The van der Waals surface area contributed by atoms with Gasteiger partial charge in [-0.2, -0.15) is 0 Å². The van der Waals surface area contributed by atoms with E-state index in [0.29, 0.717) is 0 Å². The van der Waals surface area contributed by atoms with Gasteiger partial charge in [-0.15, -0.1) is 0 Å². The number of aromatic nitrogens is 2. The summed E-state index contributed by atoms with van der Waals surface area (Å²) in [6.45, 7) is 2.03. The van der Waals surface area contributed by atoms with Crippen molar-refractivity contribution in [3.05, 3.63) is 59.4 Å². The Morgan fingerprint density at radius 1 is 1.14 bits per heavy atom. The molecule has 2 heterocycles. The first-order chi connectivity index (χ1) is 10.2. The van der Waals surface area contributed by atoms with E-state index in [0.717, 1.165) is 35.4 Å². The van der Waals surface area contributed by atoms with E-state index in [4.69, 9.17) is 9.72 Å². The fraction of sp³-hybridized carbons (Fsp3) is 0.278. The van der Waals surface area contributed by atoms with Crippen LogP contribution < -0.4 is 4.74 Å². The molecule has 1 unspecified atom stereocenters. The average molecular weight is 278 g/mol. The lowest BCUT2D eigenvalue weighted by Crippen LogP contribution is -2.15. The Morgan fingerprint density at radius 3 is 2.76 bits per heavy atom. The van der Waals surface area contributed by atoms with Crippen LogP contribution in [-0.2, 0) is 13.5 Å². The van der Waals surface area contributed by atoms with Gasteiger partial charge in [-0.3, -0.25) is 0 Å². The minimum absolute atomic E-state index is 0.131. The van der Waals surface area contributed by atoms with E-state index < -0.39 is 0 Å². The van der Waals surface area contributed by atoms with Crippen molar-refractivity contribution in [1.82, 2.24) is 9.55 Å². The molecule has 106 valence electrons. The third-order valence-electron chi connectivity index (χ3n) is 4.42. The molecule has 1 atom stereocenters. The van der Waals surface area contributed by atoms with Crippen molar-refractivity contribution >= 4 is 11.0 Å². The van der Waals surface area contributed by atoms with Crippen molar-refractivity contribution in [1.29, 1.82) is 0 Å². The maximum atomic E-state index is 6.32. The summed E-state index contributed by atoms with van der Waals surface area (Å²) in [5, 5.41) is 0. The highest BCUT2D eigenvalue weighted by Gasteiger charge is 2.24. The van der Waals surface area contributed by atoms with Crippen LogP contribution in [0.1, 0.15) is 29.5 Å². The maximum absolute atomic E-state index is 6.32. The fourth-order valence-electron chi connectivity index (χ4n) is 3.11. The summed E-state index contributed by atoms with van der Waals surface area (Å²) in [7, 11) is 2.05. The van der Waals surface area contributed by atoms with Crippen LogP contribution in [0.25, 0.3) is 11.0 Å². The van der Waals surface area contributed by atoms with Crippen molar-refractivity contribution < 1.29 is 4.74 Å². The number of nitrogens with zero attached hydrogens (tertiary/aromatic N) is 2. The number of rotatable bonds is 1. The molecule has 0 bridgehead atoms. The van der Waals surface area contributed by atoms with Gasteiger partial charge in [0.2, 0.25) is 0 Å². The number of aryl methyl sites for hydroxylation is 3. The summed E-state index contributed by atoms with van der Waals surface area (Å²) in [5.41, 5.74) is 4.65. The van der Waals surface area contributed by atoms with Crippen molar-refractivity contribution in [2.45, 2.75) is 25.9 Å². The minimum Gasteiger partial charge on any atom is -0.483 e. The molecule has 0 fully saturated rings. The molecular weight excluding hydrogens is 260 g/mol. The Balaban J connectivity index is 1.82. The van der Waals surface area contributed by atoms with Gasteiger partial charge >= 0.3 is 0 Å². The molecule has 4 rings (SSSR count). The minimum atomic E-state index is 0.131. The van der Waals surface area contributed by atoms with Crippen molar-refractivity contribution in [2.75, 3.05) is 0 Å². The van der Waals surface area contributed by atoms with Crippen LogP contribution in [0, 0.1) is 6.92 Å². The molecular formula is C18H18N2O. The Hall–Kier alpha value is -2.29. The van der Waals surface area contributed by atoms with Crippen LogP contribution in [0.4, 0.5) is 0 Å². The van der Waals surface area contributed by atoms with Crippen LogP contribution in [0.2, 0.25) is 0 Å². The fourth-order valence-corrected chi connectivity index (χ4v) is 3.11. The summed E-state index contributed by atoms with van der Waals surface area (Å²) in [5.74, 6) is 1.99. The zero-order valence-electron chi connectivity index (χ0n) is 12.3. The van der Waals surface area contributed by atoms with Gasteiger partial charge in [-0.25, -0.2) is 4.98 Å². The second kappa shape index (κ2) is 4.62. The predicted octanol–water partition coefficient (Wildman–Crippen LogP) is 3.95. The highest BCUT2D eigenvalue weighted by atomic mass is 16.5. The summed E-state index contributed by atoms with van der Waals surface area (Å²) in [4.78, 5) is 4.69. The van der Waals surface area contributed by atoms with E-state index in [2.05, 4.69) is 48.0 Å². The van der Waals surface area contributed by atoms with Gasteiger partial charge in [-0.1, -0.05) is 36.4 Å². The Morgan fingerprint density at radius 2 is 1.95 bits per heavy atom. The summed E-state index contributed by atoms with van der Waals surface area (Å²) in [6, 6.07) is 14.8. The first-order valence-electron chi connectivity index (χ1n) is 7.40. The van der Waals surface area contributed by atoms with E-state index in [9.17, 15) is 0 Å². The van der Waals surface area contributed by atoms with Crippen LogP contribution in [0.15, 0.2) is 42.5 Å². The number of fused-ring (bicyclic) bond motifs is 3. The molecule has 0 amide bonds. The van der Waals surface area contributed by atoms with Gasteiger partial charge in [0.05, 0.1) is 5.52 Å². The Kier molecular flexibility index (Phi) is 2.74. The zero-order chi connectivity index (χ0) is 14.4. The molecule has 0 saturated carbocycles. The molecule has 3 nitrogen and oxygen atoms in total. The van der Waals surface area contributed by atoms with Gasteiger partial charge in [0.1, 0.15) is 17.4 Å². The largest absolute Gasteiger partial charge is 0.483 e. The number of hydrogen-bond donors (Lipinski definition) is 0. The summed E-state index contributed by atoms with van der Waals surface area (Å²) >= 11 is 0. The molecule has 0 N–H and O–H groups in total. The monoisotopic (exact) mass is 278 g/mol. The summed E-state index contributed by atoms with van der Waals surface area (Å²) in [6.07, 6.45) is 2.20. The molecule has 0 spiro atoms. The van der Waals surface area contributed by atoms with Gasteiger partial charge in [-0.05, 0) is 37.0 Å². The molecule has 2 aromatic carbocycles. The van der Waals surface area contributed by atoms with Crippen LogP contribution >= 0.6 is 0 Å². The quantitative estimate of drug-likeness (QED) is 0.674. The standard InChI is InChI=1S/C18H18N2O/c1-12-19-17-15(20(12)2)10-8-14-9-11-16(21-18(14)17)13-6-4-3-5-7-13/h3-8,10,16H,9,11H2,1-2H3. The third kappa shape index (κ3) is 1.92. The van der Waals surface area contributed by atoms with E-state index >= 15 is 0 Å². The number of hydrogen-bond acceptors (Lipinski definition) is 2. The maximum Gasteiger partial charge on any atom is 0.151 e. The van der Waals surface area contributed by atoms with Gasteiger partial charge < -0.3 is 9.30 Å². The molecule has 3 heteroatoms. The highest BCUT2D eigenvalue weighted by Crippen LogP contribution is 2.39. The molecule has 1 aliphatic heterocycles. The van der Waals surface area contributed by atoms with Crippen molar-refractivity contribution in [3.8, 4) is 5.75 Å². The number of imidazole rings is 1. The van der Waals surface area contributed by atoms with E-state index in [1.165, 1.54) is 11.1 Å². The van der Waals surface area contributed by atoms with Gasteiger partial charge in [0.15, 0.2) is 5.75 Å². The van der Waals surface area contributed by atoms with Crippen LogP contribution in [0.5, 0.6) is 5.75 Å². The average Bonchev–Trinajstić information content (AvgIpc) is 2.83. The zero-order valence-corrected chi connectivity index (χ0v) is 12.3.